The standard InChI is InChI=1S/C20H24N2S/c1-17-8-10-19(11-9-17)16-22(20-21-13-5-15-23-20)14-12-18-6-3-2-4-7-18/h2-4,6-11H,5,12-16H2,1H3. The maximum Gasteiger partial charge on any atom is 0.159 e. The number of hydrogen-bond acceptors (Lipinski definition) is 3. The Hall–Kier alpha value is -1.74. The van der Waals surface area contributed by atoms with Crippen LogP contribution in [0.1, 0.15) is 23.1 Å². The maximum atomic E-state index is 4.76. The fraction of sp³-hybridized carbons (Fsp3) is 0.350. The zero-order valence-electron chi connectivity index (χ0n) is 13.7. The average Bonchev–Trinajstić information content (AvgIpc) is 2.62. The minimum absolute atomic E-state index is 0.943. The van der Waals surface area contributed by atoms with Crippen LogP contribution in [0.4, 0.5) is 0 Å². The molecular weight excluding hydrogens is 300 g/mol. The van der Waals surface area contributed by atoms with E-state index in [4.69, 9.17) is 4.99 Å². The fourth-order valence-electron chi connectivity index (χ4n) is 2.70. The molecule has 120 valence electrons. The van der Waals surface area contributed by atoms with Gasteiger partial charge in [-0.3, -0.25) is 4.99 Å². The molecule has 3 heteroatoms. The van der Waals surface area contributed by atoms with E-state index in [0.29, 0.717) is 0 Å². The number of aliphatic imine (C=N–C) groups is 1. The van der Waals surface area contributed by atoms with Gasteiger partial charge < -0.3 is 4.90 Å². The van der Waals surface area contributed by atoms with E-state index in [0.717, 1.165) is 26.1 Å². The lowest BCUT2D eigenvalue weighted by atomic mass is 10.1. The van der Waals surface area contributed by atoms with Crippen LogP contribution in [0, 0.1) is 6.92 Å². The lowest BCUT2D eigenvalue weighted by molar-refractivity contribution is 0.422. The Morgan fingerprint density at radius 2 is 1.78 bits per heavy atom. The highest BCUT2D eigenvalue weighted by molar-refractivity contribution is 8.13. The number of aryl methyl sites for hydroxylation is 1. The molecule has 0 aliphatic carbocycles. The Kier molecular flexibility index (Phi) is 5.76. The second-order valence-electron chi connectivity index (χ2n) is 6.01. The van der Waals surface area contributed by atoms with Gasteiger partial charge in [-0.15, -0.1) is 0 Å². The van der Waals surface area contributed by atoms with Crippen LogP contribution in [0.25, 0.3) is 0 Å². The molecule has 1 aliphatic rings. The summed E-state index contributed by atoms with van der Waals surface area (Å²) in [6, 6.07) is 19.6. The fourth-order valence-corrected chi connectivity index (χ4v) is 3.68. The van der Waals surface area contributed by atoms with Gasteiger partial charge in [0.25, 0.3) is 0 Å². The van der Waals surface area contributed by atoms with E-state index in [9.17, 15) is 0 Å². The van der Waals surface area contributed by atoms with Crippen molar-refractivity contribution in [2.45, 2.75) is 26.3 Å². The summed E-state index contributed by atoms with van der Waals surface area (Å²) in [5.41, 5.74) is 4.06. The van der Waals surface area contributed by atoms with E-state index in [2.05, 4.69) is 66.4 Å². The number of benzene rings is 2. The SMILES string of the molecule is Cc1ccc(CN(CCc2ccccc2)C2=NCCCS2)cc1. The molecule has 1 heterocycles. The predicted molar refractivity (Wildman–Crippen MR) is 101 cm³/mol. The van der Waals surface area contributed by atoms with Crippen LogP contribution in [0.3, 0.4) is 0 Å². The largest absolute Gasteiger partial charge is 0.347 e. The number of rotatable bonds is 5. The lowest BCUT2D eigenvalue weighted by Gasteiger charge is -2.27. The summed E-state index contributed by atoms with van der Waals surface area (Å²) in [4.78, 5) is 7.21. The molecule has 0 radical (unpaired) electrons. The molecule has 3 rings (SSSR count). The summed E-state index contributed by atoms with van der Waals surface area (Å²) in [6.45, 7) is 5.07. The summed E-state index contributed by atoms with van der Waals surface area (Å²) >= 11 is 1.90. The Bertz CT molecular complexity index is 634. The first-order valence-electron chi connectivity index (χ1n) is 8.33. The molecule has 2 aromatic carbocycles. The number of nitrogens with zero attached hydrogens (tertiary/aromatic N) is 2. The van der Waals surface area contributed by atoms with Crippen molar-refractivity contribution in [3.05, 3.63) is 71.3 Å². The summed E-state index contributed by atoms with van der Waals surface area (Å²) in [5, 5.41) is 1.22. The van der Waals surface area contributed by atoms with Crippen molar-refractivity contribution in [2.75, 3.05) is 18.8 Å². The first-order valence-corrected chi connectivity index (χ1v) is 9.31. The van der Waals surface area contributed by atoms with Gasteiger partial charge in [0.2, 0.25) is 0 Å². The van der Waals surface area contributed by atoms with Crippen LogP contribution in [0.5, 0.6) is 0 Å². The van der Waals surface area contributed by atoms with Gasteiger partial charge in [0.15, 0.2) is 5.17 Å². The molecule has 0 saturated carbocycles. The highest BCUT2D eigenvalue weighted by Gasteiger charge is 2.15. The predicted octanol–water partition coefficient (Wildman–Crippen LogP) is 4.53. The second-order valence-corrected chi connectivity index (χ2v) is 7.07. The van der Waals surface area contributed by atoms with E-state index in [1.54, 1.807) is 0 Å². The number of amidine groups is 1. The first-order chi connectivity index (χ1) is 11.3. The van der Waals surface area contributed by atoms with Crippen molar-refractivity contribution in [2.24, 2.45) is 4.99 Å². The minimum atomic E-state index is 0.943. The van der Waals surface area contributed by atoms with Gasteiger partial charge in [0.1, 0.15) is 0 Å². The highest BCUT2D eigenvalue weighted by Crippen LogP contribution is 2.19. The molecule has 0 unspecified atom stereocenters. The molecule has 0 amide bonds. The molecule has 0 saturated heterocycles. The summed E-state index contributed by atoms with van der Waals surface area (Å²) < 4.78 is 0. The molecule has 0 fully saturated rings. The molecular formula is C20H24N2S. The molecule has 2 aromatic rings. The van der Waals surface area contributed by atoms with Gasteiger partial charge in [0.05, 0.1) is 0 Å². The van der Waals surface area contributed by atoms with Crippen LogP contribution in [-0.2, 0) is 13.0 Å². The molecule has 23 heavy (non-hydrogen) atoms. The smallest absolute Gasteiger partial charge is 0.159 e. The third-order valence-corrected chi connectivity index (χ3v) is 5.20. The van der Waals surface area contributed by atoms with Crippen molar-refractivity contribution < 1.29 is 0 Å². The van der Waals surface area contributed by atoms with Crippen LogP contribution < -0.4 is 0 Å². The maximum absolute atomic E-state index is 4.76. The van der Waals surface area contributed by atoms with Crippen molar-refractivity contribution in [1.82, 2.24) is 4.90 Å². The van der Waals surface area contributed by atoms with Crippen molar-refractivity contribution in [3.8, 4) is 0 Å². The van der Waals surface area contributed by atoms with Crippen LogP contribution in [0.2, 0.25) is 0 Å². The Morgan fingerprint density at radius 1 is 1.00 bits per heavy atom. The Balaban J connectivity index is 1.70. The molecule has 1 aliphatic heterocycles. The monoisotopic (exact) mass is 324 g/mol. The molecule has 0 aromatic heterocycles. The third-order valence-electron chi connectivity index (χ3n) is 4.06. The van der Waals surface area contributed by atoms with Gasteiger partial charge in [0, 0.05) is 25.4 Å². The summed E-state index contributed by atoms with van der Waals surface area (Å²) in [5.74, 6) is 1.19. The minimum Gasteiger partial charge on any atom is -0.347 e. The van der Waals surface area contributed by atoms with E-state index in [1.165, 1.54) is 34.0 Å². The summed E-state index contributed by atoms with van der Waals surface area (Å²) in [6.07, 6.45) is 2.26. The van der Waals surface area contributed by atoms with Crippen molar-refractivity contribution in [1.29, 1.82) is 0 Å². The summed E-state index contributed by atoms with van der Waals surface area (Å²) in [7, 11) is 0. The average molecular weight is 324 g/mol. The molecule has 0 N–H and O–H groups in total. The van der Waals surface area contributed by atoms with Crippen molar-refractivity contribution in [3.63, 3.8) is 0 Å². The Labute approximate surface area is 143 Å². The van der Waals surface area contributed by atoms with Gasteiger partial charge in [-0.2, -0.15) is 0 Å². The first kappa shape index (κ1) is 16.1. The van der Waals surface area contributed by atoms with E-state index in [1.807, 2.05) is 11.8 Å². The Morgan fingerprint density at radius 3 is 2.48 bits per heavy atom. The molecule has 0 atom stereocenters. The normalized spacial score (nSPS) is 14.4. The lowest BCUT2D eigenvalue weighted by Crippen LogP contribution is -2.32. The number of hydrogen-bond donors (Lipinski definition) is 0. The van der Waals surface area contributed by atoms with E-state index in [-0.39, 0.29) is 0 Å². The molecule has 2 nitrogen and oxygen atoms in total. The van der Waals surface area contributed by atoms with Crippen LogP contribution in [0.15, 0.2) is 59.6 Å². The van der Waals surface area contributed by atoms with E-state index >= 15 is 0 Å². The zero-order chi connectivity index (χ0) is 15.9. The van der Waals surface area contributed by atoms with Crippen LogP contribution in [-0.4, -0.2) is 28.9 Å². The van der Waals surface area contributed by atoms with Gasteiger partial charge in [-0.05, 0) is 30.9 Å². The highest BCUT2D eigenvalue weighted by atomic mass is 32.2. The molecule has 0 bridgehead atoms. The van der Waals surface area contributed by atoms with Gasteiger partial charge >= 0.3 is 0 Å². The zero-order valence-corrected chi connectivity index (χ0v) is 14.6. The van der Waals surface area contributed by atoms with E-state index < -0.39 is 0 Å². The van der Waals surface area contributed by atoms with Crippen molar-refractivity contribution >= 4 is 16.9 Å². The molecule has 0 spiro atoms. The van der Waals surface area contributed by atoms with Gasteiger partial charge in [-0.25, -0.2) is 0 Å². The second kappa shape index (κ2) is 8.21. The van der Waals surface area contributed by atoms with Crippen LogP contribution >= 0.6 is 11.8 Å². The van der Waals surface area contributed by atoms with Gasteiger partial charge in [-0.1, -0.05) is 71.9 Å². The number of thioether (sulfide) groups is 1. The quantitative estimate of drug-likeness (QED) is 0.803. The third kappa shape index (κ3) is 4.87. The topological polar surface area (TPSA) is 15.6 Å².